The lowest BCUT2D eigenvalue weighted by Crippen LogP contribution is -1.86. The Kier molecular flexibility index (Phi) is 2.68. The monoisotopic (exact) mass is 186 g/mol. The van der Waals surface area contributed by atoms with E-state index in [9.17, 15) is 4.57 Å². The normalized spacial score (nSPS) is 11.6. The average Bonchev–Trinajstić information content (AvgIpc) is 1.82. The van der Waals surface area contributed by atoms with Crippen LogP contribution in [0.1, 0.15) is 11.1 Å². The molecule has 0 radical (unpaired) electrons. The van der Waals surface area contributed by atoms with Gasteiger partial charge in [0.2, 0.25) is 0 Å². The third-order valence-electron chi connectivity index (χ3n) is 1.47. The highest BCUT2D eigenvalue weighted by molar-refractivity contribution is 7.50. The summed E-state index contributed by atoms with van der Waals surface area (Å²) in [7, 11) is -3.91. The summed E-state index contributed by atoms with van der Waals surface area (Å²) >= 11 is 0. The van der Waals surface area contributed by atoms with Gasteiger partial charge in [-0.15, -0.1) is 0 Å². The lowest BCUT2D eigenvalue weighted by atomic mass is 10.2. The molecule has 4 heteroatoms. The van der Waals surface area contributed by atoms with Gasteiger partial charge in [-0.3, -0.25) is 4.57 Å². The van der Waals surface area contributed by atoms with Gasteiger partial charge in [0.15, 0.2) is 0 Å². The molecule has 66 valence electrons. The minimum atomic E-state index is -3.91. The smallest absolute Gasteiger partial charge is 0.324 e. The van der Waals surface area contributed by atoms with Gasteiger partial charge >= 0.3 is 7.60 Å². The maximum Gasteiger partial charge on any atom is 0.329 e. The first-order valence-electron chi connectivity index (χ1n) is 3.57. The van der Waals surface area contributed by atoms with Crippen molar-refractivity contribution >= 4 is 7.60 Å². The van der Waals surface area contributed by atoms with Crippen LogP contribution in [0.3, 0.4) is 0 Å². The Morgan fingerprint density at radius 1 is 1.42 bits per heavy atom. The van der Waals surface area contributed by atoms with E-state index in [1.165, 1.54) is 0 Å². The Morgan fingerprint density at radius 2 is 2.08 bits per heavy atom. The van der Waals surface area contributed by atoms with Crippen LogP contribution in [-0.4, -0.2) is 9.79 Å². The average molecular weight is 186 g/mol. The van der Waals surface area contributed by atoms with Gasteiger partial charge in [-0.2, -0.15) is 0 Å². The van der Waals surface area contributed by atoms with Crippen LogP contribution >= 0.6 is 7.60 Å². The molecule has 12 heavy (non-hydrogen) atoms. The van der Waals surface area contributed by atoms with E-state index < -0.39 is 7.60 Å². The molecule has 0 bridgehead atoms. The van der Waals surface area contributed by atoms with Gasteiger partial charge in [0.1, 0.15) is 0 Å². The molecule has 1 aromatic carbocycles. The maximum absolute atomic E-state index is 10.6. The van der Waals surface area contributed by atoms with Crippen molar-refractivity contribution in [3.05, 3.63) is 35.4 Å². The molecule has 0 aromatic heterocycles. The van der Waals surface area contributed by atoms with Crippen LogP contribution < -0.4 is 0 Å². The van der Waals surface area contributed by atoms with Crippen LogP contribution in [-0.2, 0) is 10.7 Å². The van der Waals surface area contributed by atoms with Crippen LogP contribution in [0.5, 0.6) is 0 Å². The summed E-state index contributed by atoms with van der Waals surface area (Å²) in [5.74, 6) is 0. The van der Waals surface area contributed by atoms with Crippen LogP contribution in [0.4, 0.5) is 0 Å². The predicted octanol–water partition coefficient (Wildman–Crippen LogP) is 1.67. The molecule has 0 heterocycles. The third kappa shape index (κ3) is 3.18. The molecule has 0 aliphatic heterocycles. The number of rotatable bonds is 2. The van der Waals surface area contributed by atoms with Gasteiger partial charge in [-0.05, 0) is 12.5 Å². The highest BCUT2D eigenvalue weighted by Crippen LogP contribution is 2.38. The van der Waals surface area contributed by atoms with E-state index in [2.05, 4.69) is 0 Å². The summed E-state index contributed by atoms with van der Waals surface area (Å²) < 4.78 is 10.6. The first kappa shape index (κ1) is 9.46. The summed E-state index contributed by atoms with van der Waals surface area (Å²) in [4.78, 5) is 17.3. The molecule has 1 rings (SSSR count). The highest BCUT2D eigenvalue weighted by Gasteiger charge is 2.13. The number of hydrogen-bond acceptors (Lipinski definition) is 1. The summed E-state index contributed by atoms with van der Waals surface area (Å²) in [6.07, 6.45) is -0.172. The van der Waals surface area contributed by atoms with Crippen LogP contribution in [0.15, 0.2) is 24.3 Å². The molecular weight excluding hydrogens is 175 g/mol. The van der Waals surface area contributed by atoms with Crippen LogP contribution in [0, 0.1) is 6.92 Å². The van der Waals surface area contributed by atoms with Crippen LogP contribution in [0.2, 0.25) is 0 Å². The number of benzene rings is 1. The summed E-state index contributed by atoms with van der Waals surface area (Å²) in [5.41, 5.74) is 1.70. The molecule has 1 aromatic rings. The van der Waals surface area contributed by atoms with Gasteiger partial charge in [-0.25, -0.2) is 0 Å². The van der Waals surface area contributed by atoms with Crippen molar-refractivity contribution in [2.75, 3.05) is 0 Å². The molecule has 0 aliphatic rings. The zero-order valence-electron chi connectivity index (χ0n) is 6.77. The summed E-state index contributed by atoms with van der Waals surface area (Å²) in [5, 5.41) is 0. The zero-order valence-corrected chi connectivity index (χ0v) is 7.66. The minimum absolute atomic E-state index is 0.172. The topological polar surface area (TPSA) is 57.5 Å². The largest absolute Gasteiger partial charge is 0.329 e. The quantitative estimate of drug-likeness (QED) is 0.690. The number of aryl methyl sites for hydroxylation is 1. The third-order valence-corrected chi connectivity index (χ3v) is 2.25. The van der Waals surface area contributed by atoms with Crippen molar-refractivity contribution < 1.29 is 14.4 Å². The van der Waals surface area contributed by atoms with Crippen molar-refractivity contribution in [3.8, 4) is 0 Å². The second-order valence-corrected chi connectivity index (χ2v) is 4.46. The Morgan fingerprint density at radius 3 is 2.58 bits per heavy atom. The lowest BCUT2D eigenvalue weighted by Gasteiger charge is -2.03. The van der Waals surface area contributed by atoms with Crippen LogP contribution in [0.25, 0.3) is 0 Å². The van der Waals surface area contributed by atoms with E-state index in [0.717, 1.165) is 5.56 Å². The van der Waals surface area contributed by atoms with E-state index >= 15 is 0 Å². The lowest BCUT2D eigenvalue weighted by molar-refractivity contribution is 0.371. The molecule has 0 amide bonds. The first-order chi connectivity index (χ1) is 5.47. The standard InChI is InChI=1S/C8H11O3P/c1-7-3-2-4-8(5-7)6-12(9,10)11/h2-5H,6H2,1H3,(H2,9,10,11). The fourth-order valence-electron chi connectivity index (χ4n) is 1.05. The van der Waals surface area contributed by atoms with Crippen molar-refractivity contribution in [2.24, 2.45) is 0 Å². The second-order valence-electron chi connectivity index (χ2n) is 2.81. The molecule has 0 unspecified atom stereocenters. The molecule has 0 atom stereocenters. The fourth-order valence-corrected chi connectivity index (χ4v) is 1.72. The Balaban J connectivity index is 2.84. The molecule has 0 saturated carbocycles. The molecular formula is C8H11O3P. The van der Waals surface area contributed by atoms with Crippen molar-refractivity contribution in [1.29, 1.82) is 0 Å². The molecule has 0 fully saturated rings. The number of hydrogen-bond donors (Lipinski definition) is 2. The van der Waals surface area contributed by atoms with Crippen molar-refractivity contribution in [3.63, 3.8) is 0 Å². The first-order valence-corrected chi connectivity index (χ1v) is 5.37. The Labute approximate surface area is 71.2 Å². The van der Waals surface area contributed by atoms with Gasteiger partial charge in [0.25, 0.3) is 0 Å². The summed E-state index contributed by atoms with van der Waals surface area (Å²) in [6, 6.07) is 7.18. The van der Waals surface area contributed by atoms with Gasteiger partial charge < -0.3 is 9.79 Å². The minimum Gasteiger partial charge on any atom is -0.324 e. The molecule has 0 aliphatic carbocycles. The van der Waals surface area contributed by atoms with Gasteiger partial charge in [-0.1, -0.05) is 29.8 Å². The van der Waals surface area contributed by atoms with E-state index in [1.54, 1.807) is 18.2 Å². The Bertz CT molecular complexity index is 316. The van der Waals surface area contributed by atoms with Crippen molar-refractivity contribution in [2.45, 2.75) is 13.1 Å². The van der Waals surface area contributed by atoms with E-state index in [4.69, 9.17) is 9.79 Å². The SMILES string of the molecule is Cc1cccc(CP(=O)(O)O)c1. The van der Waals surface area contributed by atoms with Gasteiger partial charge in [0, 0.05) is 0 Å². The van der Waals surface area contributed by atoms with E-state index in [-0.39, 0.29) is 6.16 Å². The second kappa shape index (κ2) is 3.40. The predicted molar refractivity (Wildman–Crippen MR) is 46.9 cm³/mol. The molecule has 0 spiro atoms. The van der Waals surface area contributed by atoms with Gasteiger partial charge in [0.05, 0.1) is 6.16 Å². The maximum atomic E-state index is 10.6. The molecule has 2 N–H and O–H groups in total. The van der Waals surface area contributed by atoms with E-state index in [0.29, 0.717) is 5.56 Å². The fraction of sp³-hybridized carbons (Fsp3) is 0.250. The zero-order chi connectivity index (χ0) is 9.19. The highest BCUT2D eigenvalue weighted by atomic mass is 31.2. The van der Waals surface area contributed by atoms with Crippen molar-refractivity contribution in [1.82, 2.24) is 0 Å². The molecule has 3 nitrogen and oxygen atoms in total. The molecule has 0 saturated heterocycles. The van der Waals surface area contributed by atoms with E-state index in [1.807, 2.05) is 13.0 Å². The Hall–Kier alpha value is -0.630. The summed E-state index contributed by atoms with van der Waals surface area (Å²) in [6.45, 7) is 1.89.